The van der Waals surface area contributed by atoms with Crippen LogP contribution in [0.15, 0.2) is 90.0 Å². The van der Waals surface area contributed by atoms with E-state index >= 15 is 0 Å². The fourth-order valence-electron chi connectivity index (χ4n) is 4.47. The summed E-state index contributed by atoms with van der Waals surface area (Å²) in [7, 11) is 0. The number of piperazine rings is 1. The Morgan fingerprint density at radius 2 is 1.57 bits per heavy atom. The zero-order chi connectivity index (χ0) is 25.3. The summed E-state index contributed by atoms with van der Waals surface area (Å²) in [6.07, 6.45) is 4.14. The third-order valence-corrected chi connectivity index (χ3v) is 6.67. The first-order valence-electron chi connectivity index (χ1n) is 12.7. The zero-order valence-electron chi connectivity index (χ0n) is 21.7. The zero-order valence-corrected chi connectivity index (χ0v) is 21.7. The van der Waals surface area contributed by atoms with Gasteiger partial charge in [-0.1, -0.05) is 78.9 Å². The summed E-state index contributed by atoms with van der Waals surface area (Å²) in [5.41, 5.74) is 9.96. The molecule has 35 heavy (non-hydrogen) atoms. The Kier molecular flexibility index (Phi) is 13.7. The Morgan fingerprint density at radius 3 is 2.11 bits per heavy atom. The third kappa shape index (κ3) is 10.6. The lowest BCUT2D eigenvalue weighted by Crippen LogP contribution is -2.47. The standard InChI is InChI=1S/C23H34N2O.C6H6.CH4N2/c1-19(23-18-26-17-11-20(23)2)8-7-12-24-13-15-25(16-14-24)21(3)22-9-5-4-6-10-22;1-2-4-6-5-3-1;2-1-3/h4-6,9-10,21H,2,7-8,11-18H2,1,3H3;1-6H;1H,(H3,2,3)/b23-19+;;. The summed E-state index contributed by atoms with van der Waals surface area (Å²) in [5.74, 6) is 0. The molecule has 2 aromatic carbocycles. The van der Waals surface area contributed by atoms with Crippen LogP contribution >= 0.6 is 0 Å². The van der Waals surface area contributed by atoms with Gasteiger partial charge in [0.25, 0.3) is 0 Å². The minimum Gasteiger partial charge on any atom is -0.390 e. The van der Waals surface area contributed by atoms with Gasteiger partial charge in [0.2, 0.25) is 0 Å². The fourth-order valence-corrected chi connectivity index (χ4v) is 4.47. The molecule has 5 heteroatoms. The summed E-state index contributed by atoms with van der Waals surface area (Å²) >= 11 is 0. The van der Waals surface area contributed by atoms with Gasteiger partial charge in [-0.05, 0) is 56.4 Å². The molecule has 2 fully saturated rings. The van der Waals surface area contributed by atoms with Crippen molar-refractivity contribution in [3.05, 3.63) is 95.6 Å². The molecule has 0 saturated carbocycles. The monoisotopic (exact) mass is 476 g/mol. The van der Waals surface area contributed by atoms with Crippen molar-refractivity contribution >= 4 is 6.34 Å². The predicted molar refractivity (Wildman–Crippen MR) is 149 cm³/mol. The molecule has 190 valence electrons. The van der Waals surface area contributed by atoms with Crippen molar-refractivity contribution in [2.75, 3.05) is 45.9 Å². The van der Waals surface area contributed by atoms with Gasteiger partial charge in [0, 0.05) is 32.2 Å². The highest BCUT2D eigenvalue weighted by molar-refractivity contribution is 5.46. The number of allylic oxidation sites excluding steroid dienone is 1. The predicted octanol–water partition coefficient (Wildman–Crippen LogP) is 5.68. The summed E-state index contributed by atoms with van der Waals surface area (Å²) in [4.78, 5) is 5.24. The fraction of sp³-hybridized carbons (Fsp3) is 0.433. The van der Waals surface area contributed by atoms with E-state index in [-0.39, 0.29) is 0 Å². The van der Waals surface area contributed by atoms with E-state index in [2.05, 4.69) is 66.3 Å². The van der Waals surface area contributed by atoms with Crippen LogP contribution in [-0.2, 0) is 4.74 Å². The van der Waals surface area contributed by atoms with Gasteiger partial charge in [0.05, 0.1) is 19.6 Å². The van der Waals surface area contributed by atoms with E-state index in [9.17, 15) is 0 Å². The average molecular weight is 477 g/mol. The van der Waals surface area contributed by atoms with Gasteiger partial charge in [-0.25, -0.2) is 0 Å². The highest BCUT2D eigenvalue weighted by Crippen LogP contribution is 2.25. The maximum atomic E-state index is 5.86. The Balaban J connectivity index is 0.000000406. The Hall–Kier alpha value is -2.73. The molecule has 0 radical (unpaired) electrons. The van der Waals surface area contributed by atoms with Gasteiger partial charge in [0.1, 0.15) is 0 Å². The summed E-state index contributed by atoms with van der Waals surface area (Å²) in [6.45, 7) is 16.3. The molecule has 2 saturated heterocycles. The van der Waals surface area contributed by atoms with Gasteiger partial charge in [-0.15, -0.1) is 0 Å². The van der Waals surface area contributed by atoms with Gasteiger partial charge in [-0.3, -0.25) is 10.3 Å². The second-order valence-corrected chi connectivity index (χ2v) is 9.05. The van der Waals surface area contributed by atoms with Crippen LogP contribution < -0.4 is 5.73 Å². The van der Waals surface area contributed by atoms with Gasteiger partial charge in [0.15, 0.2) is 0 Å². The molecular formula is C30H44N4O. The van der Waals surface area contributed by atoms with Crippen LogP contribution in [0.25, 0.3) is 0 Å². The van der Waals surface area contributed by atoms with Crippen molar-refractivity contribution in [3.8, 4) is 0 Å². The Labute approximate surface area is 212 Å². The lowest BCUT2D eigenvalue weighted by atomic mass is 9.96. The number of rotatable bonds is 6. The van der Waals surface area contributed by atoms with Gasteiger partial charge >= 0.3 is 0 Å². The minimum absolute atomic E-state index is 0.516. The number of nitrogens with zero attached hydrogens (tertiary/aromatic N) is 2. The first kappa shape index (κ1) is 28.5. The minimum atomic E-state index is 0.516. The maximum Gasteiger partial charge on any atom is 0.0765 e. The Bertz CT molecular complexity index is 847. The molecule has 0 aliphatic carbocycles. The molecule has 0 aromatic heterocycles. The lowest BCUT2D eigenvalue weighted by molar-refractivity contribution is 0.101. The molecule has 3 N–H and O–H groups in total. The molecule has 1 atom stereocenters. The van der Waals surface area contributed by atoms with E-state index < -0.39 is 0 Å². The van der Waals surface area contributed by atoms with Crippen LogP contribution in [0.4, 0.5) is 0 Å². The van der Waals surface area contributed by atoms with Crippen molar-refractivity contribution in [3.63, 3.8) is 0 Å². The van der Waals surface area contributed by atoms with Crippen LogP contribution in [-0.4, -0.2) is 62.1 Å². The third-order valence-electron chi connectivity index (χ3n) is 6.67. The lowest BCUT2D eigenvalue weighted by Gasteiger charge is -2.38. The number of nitrogens with one attached hydrogen (secondary N) is 1. The number of hydrogen-bond donors (Lipinski definition) is 2. The van der Waals surface area contributed by atoms with Crippen LogP contribution in [0.2, 0.25) is 0 Å². The normalized spacial score (nSPS) is 18.9. The molecule has 4 rings (SSSR count). The second-order valence-electron chi connectivity index (χ2n) is 9.05. The molecule has 2 aliphatic heterocycles. The average Bonchev–Trinajstić information content (AvgIpc) is 2.91. The number of ether oxygens (including phenoxy) is 1. The van der Waals surface area contributed by atoms with E-state index in [0.29, 0.717) is 6.04 Å². The first-order valence-corrected chi connectivity index (χ1v) is 12.7. The number of hydrogen-bond acceptors (Lipinski definition) is 4. The summed E-state index contributed by atoms with van der Waals surface area (Å²) in [5, 5.41) is 5.86. The first-order chi connectivity index (χ1) is 17.1. The SMILES string of the molecule is C=C1CCOC/C1=C(/C)CCCN1CCN(C(C)c2ccccc2)CC1.N=CN.c1ccccc1. The van der Waals surface area contributed by atoms with Crippen molar-refractivity contribution < 1.29 is 4.74 Å². The molecule has 5 nitrogen and oxygen atoms in total. The van der Waals surface area contributed by atoms with Crippen LogP contribution in [0.3, 0.4) is 0 Å². The van der Waals surface area contributed by atoms with E-state index in [1.165, 1.54) is 67.8 Å². The largest absolute Gasteiger partial charge is 0.390 e. The highest BCUT2D eigenvalue weighted by Gasteiger charge is 2.21. The van der Waals surface area contributed by atoms with Crippen molar-refractivity contribution in [1.29, 1.82) is 5.41 Å². The van der Waals surface area contributed by atoms with Crippen LogP contribution in [0.5, 0.6) is 0 Å². The Morgan fingerprint density at radius 1 is 1.03 bits per heavy atom. The molecular weight excluding hydrogens is 432 g/mol. The van der Waals surface area contributed by atoms with E-state index in [0.717, 1.165) is 26.0 Å². The molecule has 0 amide bonds. The molecule has 2 aliphatic rings. The summed E-state index contributed by atoms with van der Waals surface area (Å²) < 4.78 is 5.61. The van der Waals surface area contributed by atoms with Crippen molar-refractivity contribution in [1.82, 2.24) is 9.80 Å². The van der Waals surface area contributed by atoms with Gasteiger partial charge in [-0.2, -0.15) is 0 Å². The number of benzene rings is 2. The maximum absolute atomic E-state index is 5.86. The van der Waals surface area contributed by atoms with E-state index in [4.69, 9.17) is 10.1 Å². The highest BCUT2D eigenvalue weighted by atomic mass is 16.5. The molecule has 1 unspecified atom stereocenters. The molecule has 2 aromatic rings. The van der Waals surface area contributed by atoms with Crippen molar-refractivity contribution in [2.45, 2.75) is 39.2 Å². The smallest absolute Gasteiger partial charge is 0.0765 e. The molecule has 2 heterocycles. The van der Waals surface area contributed by atoms with Crippen LogP contribution in [0, 0.1) is 5.41 Å². The topological polar surface area (TPSA) is 65.6 Å². The van der Waals surface area contributed by atoms with E-state index in [1.54, 1.807) is 0 Å². The van der Waals surface area contributed by atoms with Crippen molar-refractivity contribution in [2.24, 2.45) is 5.73 Å². The number of nitrogens with two attached hydrogens (primary N) is 1. The van der Waals surface area contributed by atoms with Gasteiger partial charge < -0.3 is 15.4 Å². The van der Waals surface area contributed by atoms with Crippen LogP contribution in [0.1, 0.15) is 44.7 Å². The molecule has 0 bridgehead atoms. The van der Waals surface area contributed by atoms with E-state index in [1.807, 2.05) is 36.4 Å². The summed E-state index contributed by atoms with van der Waals surface area (Å²) in [6, 6.07) is 23.4. The molecule has 0 spiro atoms. The quantitative estimate of drug-likeness (QED) is 0.416. The second kappa shape index (κ2) is 16.8.